The Kier molecular flexibility index (Phi) is 3.13. The second-order valence-corrected chi connectivity index (χ2v) is 4.68. The van der Waals surface area contributed by atoms with Gasteiger partial charge in [-0.1, -0.05) is 12.1 Å². The normalized spacial score (nSPS) is 11.5. The van der Waals surface area contributed by atoms with Crippen LogP contribution in [0.5, 0.6) is 0 Å². The zero-order chi connectivity index (χ0) is 14.8. The Morgan fingerprint density at radius 3 is 2.71 bits per heavy atom. The van der Waals surface area contributed by atoms with Crippen LogP contribution in [0.4, 0.5) is 5.69 Å². The van der Waals surface area contributed by atoms with E-state index in [0.717, 1.165) is 16.7 Å². The van der Waals surface area contributed by atoms with E-state index < -0.39 is 0 Å². The number of benzene rings is 1. The second kappa shape index (κ2) is 5.10. The summed E-state index contributed by atoms with van der Waals surface area (Å²) in [6, 6.07) is 13.3. The molecule has 5 nitrogen and oxygen atoms in total. The Hall–Kier alpha value is -3.13. The molecule has 102 valence electrons. The fraction of sp³-hybridized carbons (Fsp3) is 0.0625. The summed E-state index contributed by atoms with van der Waals surface area (Å²) in [5.74, 6) is 0.600. The Morgan fingerprint density at radius 1 is 1.29 bits per heavy atom. The highest BCUT2D eigenvalue weighted by atomic mass is 15.1. The predicted octanol–water partition coefficient (Wildman–Crippen LogP) is 2.61. The maximum Gasteiger partial charge on any atom is 0.160 e. The molecule has 0 radical (unpaired) electrons. The highest BCUT2D eigenvalue weighted by Crippen LogP contribution is 2.21. The van der Waals surface area contributed by atoms with Crippen molar-refractivity contribution in [1.82, 2.24) is 14.5 Å². The SMILES string of the molecule is Cn1c(C(C#N)=Cc2ccc(N)cc2)nc2cccnc21. The van der Waals surface area contributed by atoms with E-state index in [4.69, 9.17) is 5.73 Å². The number of nitrogens with two attached hydrogens (primary N) is 1. The van der Waals surface area contributed by atoms with Gasteiger partial charge in [0.2, 0.25) is 0 Å². The summed E-state index contributed by atoms with van der Waals surface area (Å²) in [6.45, 7) is 0. The first-order valence-electron chi connectivity index (χ1n) is 6.44. The molecular formula is C16H13N5. The van der Waals surface area contributed by atoms with Crippen LogP contribution in [0.2, 0.25) is 0 Å². The largest absolute Gasteiger partial charge is 0.399 e. The first-order chi connectivity index (χ1) is 10.2. The van der Waals surface area contributed by atoms with Crippen LogP contribution in [0.15, 0.2) is 42.6 Å². The van der Waals surface area contributed by atoms with E-state index in [1.54, 1.807) is 24.4 Å². The molecule has 0 unspecified atom stereocenters. The number of hydrogen-bond donors (Lipinski definition) is 1. The van der Waals surface area contributed by atoms with E-state index in [9.17, 15) is 5.26 Å². The van der Waals surface area contributed by atoms with Gasteiger partial charge in [-0.25, -0.2) is 9.97 Å². The molecule has 0 aliphatic carbocycles. The van der Waals surface area contributed by atoms with E-state index in [1.165, 1.54) is 0 Å². The maximum atomic E-state index is 9.43. The molecule has 0 amide bonds. The minimum absolute atomic E-state index is 0.486. The van der Waals surface area contributed by atoms with E-state index >= 15 is 0 Å². The third-order valence-corrected chi connectivity index (χ3v) is 3.24. The number of rotatable bonds is 2. The lowest BCUT2D eigenvalue weighted by molar-refractivity contribution is 0.910. The number of fused-ring (bicyclic) bond motifs is 1. The molecule has 0 saturated heterocycles. The van der Waals surface area contributed by atoms with Gasteiger partial charge in [-0.05, 0) is 35.9 Å². The van der Waals surface area contributed by atoms with E-state index in [1.807, 2.05) is 35.9 Å². The van der Waals surface area contributed by atoms with E-state index in [-0.39, 0.29) is 0 Å². The van der Waals surface area contributed by atoms with Crippen molar-refractivity contribution < 1.29 is 0 Å². The standard InChI is InChI=1S/C16H13N5/c1-21-15(20-14-3-2-8-19-16(14)21)12(10-17)9-11-4-6-13(18)7-5-11/h2-9H,18H2,1H3. The smallest absolute Gasteiger partial charge is 0.160 e. The lowest BCUT2D eigenvalue weighted by Gasteiger charge is -2.01. The number of aryl methyl sites for hydroxylation is 1. The fourth-order valence-corrected chi connectivity index (χ4v) is 2.17. The van der Waals surface area contributed by atoms with E-state index in [2.05, 4.69) is 16.0 Å². The third kappa shape index (κ3) is 2.35. The van der Waals surface area contributed by atoms with Crippen molar-refractivity contribution in [3.8, 4) is 6.07 Å². The molecule has 0 spiro atoms. The van der Waals surface area contributed by atoms with Crippen molar-refractivity contribution >= 4 is 28.5 Å². The van der Waals surface area contributed by atoms with Gasteiger partial charge in [0, 0.05) is 18.9 Å². The number of imidazole rings is 1. The lowest BCUT2D eigenvalue weighted by Crippen LogP contribution is -1.97. The van der Waals surface area contributed by atoms with Crippen molar-refractivity contribution in [2.45, 2.75) is 0 Å². The molecule has 3 rings (SSSR count). The second-order valence-electron chi connectivity index (χ2n) is 4.68. The van der Waals surface area contributed by atoms with Gasteiger partial charge in [-0.15, -0.1) is 0 Å². The summed E-state index contributed by atoms with van der Waals surface area (Å²) >= 11 is 0. The number of pyridine rings is 1. The summed E-state index contributed by atoms with van der Waals surface area (Å²) in [5.41, 5.74) is 9.28. The van der Waals surface area contributed by atoms with Gasteiger partial charge < -0.3 is 10.3 Å². The van der Waals surface area contributed by atoms with Gasteiger partial charge in [0.1, 0.15) is 11.6 Å². The average Bonchev–Trinajstić information content (AvgIpc) is 2.84. The maximum absolute atomic E-state index is 9.43. The van der Waals surface area contributed by atoms with Crippen LogP contribution in [0.1, 0.15) is 11.4 Å². The number of nitriles is 1. The number of hydrogen-bond acceptors (Lipinski definition) is 4. The molecule has 0 bridgehead atoms. The quantitative estimate of drug-likeness (QED) is 0.576. The van der Waals surface area contributed by atoms with Gasteiger partial charge in [-0.3, -0.25) is 0 Å². The van der Waals surface area contributed by atoms with Crippen LogP contribution in [-0.2, 0) is 7.05 Å². The molecule has 0 aliphatic rings. The van der Waals surface area contributed by atoms with Gasteiger partial charge in [0.15, 0.2) is 11.5 Å². The molecule has 0 aliphatic heterocycles. The third-order valence-electron chi connectivity index (χ3n) is 3.24. The topological polar surface area (TPSA) is 80.5 Å². The monoisotopic (exact) mass is 275 g/mol. The average molecular weight is 275 g/mol. The fourth-order valence-electron chi connectivity index (χ4n) is 2.17. The molecule has 5 heteroatoms. The molecule has 0 fully saturated rings. The Bertz CT molecular complexity index is 866. The zero-order valence-electron chi connectivity index (χ0n) is 11.5. The van der Waals surface area contributed by atoms with Crippen molar-refractivity contribution in [2.75, 3.05) is 5.73 Å². The highest BCUT2D eigenvalue weighted by Gasteiger charge is 2.12. The molecule has 2 heterocycles. The Labute approximate surface area is 122 Å². The van der Waals surface area contributed by atoms with Gasteiger partial charge in [0.25, 0.3) is 0 Å². The van der Waals surface area contributed by atoms with Crippen molar-refractivity contribution in [2.24, 2.45) is 7.05 Å². The summed E-state index contributed by atoms with van der Waals surface area (Å²) in [5, 5.41) is 9.43. The predicted molar refractivity (Wildman–Crippen MR) is 82.8 cm³/mol. The molecular weight excluding hydrogens is 262 g/mol. The lowest BCUT2D eigenvalue weighted by atomic mass is 10.1. The van der Waals surface area contributed by atoms with Gasteiger partial charge in [0.05, 0.1) is 5.57 Å². The van der Waals surface area contributed by atoms with Crippen LogP contribution in [0.25, 0.3) is 22.8 Å². The zero-order valence-corrected chi connectivity index (χ0v) is 11.5. The van der Waals surface area contributed by atoms with Crippen LogP contribution in [-0.4, -0.2) is 14.5 Å². The van der Waals surface area contributed by atoms with Crippen LogP contribution >= 0.6 is 0 Å². The summed E-state index contributed by atoms with van der Waals surface area (Å²) in [4.78, 5) is 8.77. The summed E-state index contributed by atoms with van der Waals surface area (Å²) in [6.07, 6.45) is 3.50. The van der Waals surface area contributed by atoms with Gasteiger partial charge >= 0.3 is 0 Å². The number of allylic oxidation sites excluding steroid dienone is 1. The minimum Gasteiger partial charge on any atom is -0.399 e. The molecule has 21 heavy (non-hydrogen) atoms. The number of aromatic nitrogens is 3. The number of nitrogen functional groups attached to an aromatic ring is 1. The van der Waals surface area contributed by atoms with Crippen LogP contribution < -0.4 is 5.73 Å². The molecule has 0 saturated carbocycles. The van der Waals surface area contributed by atoms with Gasteiger partial charge in [-0.2, -0.15) is 5.26 Å². The first-order valence-corrected chi connectivity index (χ1v) is 6.44. The van der Waals surface area contributed by atoms with Crippen molar-refractivity contribution in [1.29, 1.82) is 5.26 Å². The summed E-state index contributed by atoms with van der Waals surface area (Å²) in [7, 11) is 1.85. The van der Waals surface area contributed by atoms with Crippen LogP contribution in [0, 0.1) is 11.3 Å². The first kappa shape index (κ1) is 12.9. The molecule has 2 aromatic heterocycles. The number of nitrogens with zero attached hydrogens (tertiary/aromatic N) is 4. The Balaban J connectivity index is 2.12. The van der Waals surface area contributed by atoms with Crippen LogP contribution in [0.3, 0.4) is 0 Å². The number of anilines is 1. The van der Waals surface area contributed by atoms with Crippen molar-refractivity contribution in [3.63, 3.8) is 0 Å². The minimum atomic E-state index is 0.486. The molecule has 3 aromatic rings. The highest BCUT2D eigenvalue weighted by molar-refractivity contribution is 5.90. The molecule has 2 N–H and O–H groups in total. The van der Waals surface area contributed by atoms with Crippen molar-refractivity contribution in [3.05, 3.63) is 54.0 Å². The Morgan fingerprint density at radius 2 is 2.05 bits per heavy atom. The molecule has 1 aromatic carbocycles. The van der Waals surface area contributed by atoms with E-state index in [0.29, 0.717) is 17.1 Å². The summed E-state index contributed by atoms with van der Waals surface area (Å²) < 4.78 is 1.82. The molecule has 0 atom stereocenters.